The van der Waals surface area contributed by atoms with Crippen molar-refractivity contribution >= 4 is 56.5 Å². The van der Waals surface area contributed by atoms with Crippen molar-refractivity contribution in [2.75, 3.05) is 16.8 Å². The van der Waals surface area contributed by atoms with Crippen LogP contribution < -0.4 is 10.2 Å². The molecule has 0 saturated carbocycles. The van der Waals surface area contributed by atoms with E-state index in [9.17, 15) is 9.59 Å². The number of amides is 2. The Kier molecular flexibility index (Phi) is 4.34. The van der Waals surface area contributed by atoms with Crippen LogP contribution in [0.3, 0.4) is 0 Å². The maximum atomic E-state index is 12.5. The first-order chi connectivity index (χ1) is 12.5. The SMILES string of the molecule is Cc1nc2cc(N3CC(C(=O)Nc4cc(Cl)ccn4)CC3=O)ccc2s1. The highest BCUT2D eigenvalue weighted by Gasteiger charge is 2.35. The second-order valence-electron chi connectivity index (χ2n) is 6.14. The van der Waals surface area contributed by atoms with Crippen LogP contribution in [0.2, 0.25) is 5.02 Å². The molecule has 3 aromatic rings. The third-order valence-electron chi connectivity index (χ3n) is 4.26. The van der Waals surface area contributed by atoms with Crippen molar-refractivity contribution in [3.8, 4) is 0 Å². The maximum Gasteiger partial charge on any atom is 0.230 e. The number of fused-ring (bicyclic) bond motifs is 1. The molecular weight excluding hydrogens is 372 g/mol. The number of aryl methyl sites for hydroxylation is 1. The van der Waals surface area contributed by atoms with E-state index >= 15 is 0 Å². The first kappa shape index (κ1) is 16.9. The summed E-state index contributed by atoms with van der Waals surface area (Å²) in [4.78, 5) is 35.1. The van der Waals surface area contributed by atoms with Crippen LogP contribution in [0.4, 0.5) is 11.5 Å². The third-order valence-corrected chi connectivity index (χ3v) is 5.45. The Morgan fingerprint density at radius 3 is 3.00 bits per heavy atom. The van der Waals surface area contributed by atoms with Crippen molar-refractivity contribution in [2.45, 2.75) is 13.3 Å². The van der Waals surface area contributed by atoms with Crippen molar-refractivity contribution < 1.29 is 9.59 Å². The van der Waals surface area contributed by atoms with E-state index in [2.05, 4.69) is 15.3 Å². The highest BCUT2D eigenvalue weighted by molar-refractivity contribution is 7.18. The Morgan fingerprint density at radius 1 is 1.35 bits per heavy atom. The summed E-state index contributed by atoms with van der Waals surface area (Å²) in [7, 11) is 0. The van der Waals surface area contributed by atoms with Gasteiger partial charge in [0.05, 0.1) is 21.1 Å². The summed E-state index contributed by atoms with van der Waals surface area (Å²) < 4.78 is 1.08. The van der Waals surface area contributed by atoms with Gasteiger partial charge in [-0.2, -0.15) is 0 Å². The Hall–Kier alpha value is -2.51. The van der Waals surface area contributed by atoms with Gasteiger partial charge in [-0.15, -0.1) is 11.3 Å². The third kappa shape index (κ3) is 3.27. The van der Waals surface area contributed by atoms with Gasteiger partial charge in [0.25, 0.3) is 0 Å². The summed E-state index contributed by atoms with van der Waals surface area (Å²) in [6, 6.07) is 8.97. The van der Waals surface area contributed by atoms with E-state index < -0.39 is 5.92 Å². The predicted octanol–water partition coefficient (Wildman–Crippen LogP) is 3.64. The zero-order chi connectivity index (χ0) is 18.3. The summed E-state index contributed by atoms with van der Waals surface area (Å²) in [6.07, 6.45) is 1.69. The van der Waals surface area contributed by atoms with E-state index in [1.807, 2.05) is 25.1 Å². The number of nitrogens with one attached hydrogen (secondary N) is 1. The minimum Gasteiger partial charge on any atom is -0.312 e. The summed E-state index contributed by atoms with van der Waals surface area (Å²) in [5.74, 6) is -0.361. The molecule has 1 aliphatic heterocycles. The zero-order valence-corrected chi connectivity index (χ0v) is 15.5. The van der Waals surface area contributed by atoms with Gasteiger partial charge in [0.15, 0.2) is 0 Å². The van der Waals surface area contributed by atoms with Crippen LogP contribution in [-0.4, -0.2) is 28.3 Å². The molecule has 0 aliphatic carbocycles. The van der Waals surface area contributed by atoms with E-state index in [1.165, 1.54) is 6.20 Å². The average Bonchev–Trinajstić information content (AvgIpc) is 3.16. The fraction of sp³-hybridized carbons (Fsp3) is 0.222. The molecule has 1 aliphatic rings. The number of rotatable bonds is 3. The molecule has 6 nitrogen and oxygen atoms in total. The molecule has 3 heterocycles. The lowest BCUT2D eigenvalue weighted by atomic mass is 10.1. The summed E-state index contributed by atoms with van der Waals surface area (Å²) in [6.45, 7) is 2.29. The van der Waals surface area contributed by atoms with Crippen LogP contribution in [-0.2, 0) is 9.59 Å². The van der Waals surface area contributed by atoms with Crippen LogP contribution in [0.15, 0.2) is 36.5 Å². The fourth-order valence-electron chi connectivity index (χ4n) is 3.03. The molecule has 1 saturated heterocycles. The van der Waals surface area contributed by atoms with Crippen molar-refractivity contribution in [3.63, 3.8) is 0 Å². The molecule has 1 unspecified atom stereocenters. The Balaban J connectivity index is 1.51. The van der Waals surface area contributed by atoms with Gasteiger partial charge in [-0.1, -0.05) is 11.6 Å². The van der Waals surface area contributed by atoms with Crippen molar-refractivity contribution in [1.29, 1.82) is 0 Å². The molecule has 1 aromatic carbocycles. The molecule has 2 amide bonds. The van der Waals surface area contributed by atoms with Gasteiger partial charge >= 0.3 is 0 Å². The highest BCUT2D eigenvalue weighted by atomic mass is 35.5. The lowest BCUT2D eigenvalue weighted by Gasteiger charge is -2.16. The quantitative estimate of drug-likeness (QED) is 0.745. The van der Waals surface area contributed by atoms with Crippen LogP contribution in [0, 0.1) is 12.8 Å². The number of thiazole rings is 1. The summed E-state index contributed by atoms with van der Waals surface area (Å²) in [5, 5.41) is 4.20. The minimum atomic E-state index is -0.434. The first-order valence-corrected chi connectivity index (χ1v) is 9.29. The number of hydrogen-bond acceptors (Lipinski definition) is 5. The molecule has 0 spiro atoms. The van der Waals surface area contributed by atoms with Crippen LogP contribution in [0.25, 0.3) is 10.2 Å². The molecule has 1 N–H and O–H groups in total. The summed E-state index contributed by atoms with van der Waals surface area (Å²) in [5.41, 5.74) is 1.64. The molecule has 1 atom stereocenters. The van der Waals surface area contributed by atoms with Crippen molar-refractivity contribution in [3.05, 3.63) is 46.6 Å². The standard InChI is InChI=1S/C18H15ClN4O2S/c1-10-21-14-8-13(2-3-15(14)26-10)23-9-11(6-17(23)24)18(25)22-16-7-12(19)4-5-20-16/h2-5,7-8,11H,6,9H2,1H3,(H,20,22,25). The molecule has 8 heteroatoms. The zero-order valence-electron chi connectivity index (χ0n) is 13.9. The number of carbonyl (C=O) groups is 2. The van der Waals surface area contributed by atoms with E-state index in [0.717, 1.165) is 20.9 Å². The maximum absolute atomic E-state index is 12.5. The van der Waals surface area contributed by atoms with Crippen LogP contribution in [0.1, 0.15) is 11.4 Å². The molecule has 26 heavy (non-hydrogen) atoms. The number of carbonyl (C=O) groups excluding carboxylic acids is 2. The Labute approximate surface area is 158 Å². The number of benzene rings is 1. The fourth-order valence-corrected chi connectivity index (χ4v) is 4.00. The molecule has 0 bridgehead atoms. The van der Waals surface area contributed by atoms with Crippen molar-refractivity contribution in [1.82, 2.24) is 9.97 Å². The van der Waals surface area contributed by atoms with Crippen LogP contribution in [0.5, 0.6) is 0 Å². The number of anilines is 2. The lowest BCUT2D eigenvalue weighted by molar-refractivity contribution is -0.122. The topological polar surface area (TPSA) is 75.2 Å². The molecule has 4 rings (SSSR count). The second-order valence-corrected chi connectivity index (χ2v) is 7.81. The highest BCUT2D eigenvalue weighted by Crippen LogP contribution is 2.30. The summed E-state index contributed by atoms with van der Waals surface area (Å²) >= 11 is 7.52. The first-order valence-electron chi connectivity index (χ1n) is 8.09. The largest absolute Gasteiger partial charge is 0.312 e. The number of halogens is 1. The van der Waals surface area contributed by atoms with E-state index in [1.54, 1.807) is 28.4 Å². The van der Waals surface area contributed by atoms with Crippen LogP contribution >= 0.6 is 22.9 Å². The van der Waals surface area contributed by atoms with E-state index in [4.69, 9.17) is 11.6 Å². The van der Waals surface area contributed by atoms with Gasteiger partial charge in [-0.25, -0.2) is 9.97 Å². The molecule has 0 radical (unpaired) electrons. The monoisotopic (exact) mass is 386 g/mol. The molecule has 132 valence electrons. The Morgan fingerprint density at radius 2 is 2.19 bits per heavy atom. The normalized spacial score (nSPS) is 17.1. The molecule has 2 aromatic heterocycles. The van der Waals surface area contributed by atoms with Gasteiger partial charge in [0, 0.05) is 29.9 Å². The Bertz CT molecular complexity index is 1020. The number of hydrogen-bond donors (Lipinski definition) is 1. The van der Waals surface area contributed by atoms with Gasteiger partial charge in [-0.3, -0.25) is 9.59 Å². The van der Waals surface area contributed by atoms with Gasteiger partial charge in [-0.05, 0) is 37.3 Å². The smallest absolute Gasteiger partial charge is 0.230 e. The van der Waals surface area contributed by atoms with E-state index in [-0.39, 0.29) is 18.2 Å². The van der Waals surface area contributed by atoms with Gasteiger partial charge < -0.3 is 10.2 Å². The van der Waals surface area contributed by atoms with Gasteiger partial charge in [0.2, 0.25) is 11.8 Å². The lowest BCUT2D eigenvalue weighted by Crippen LogP contribution is -2.28. The van der Waals surface area contributed by atoms with Crippen molar-refractivity contribution in [2.24, 2.45) is 5.92 Å². The predicted molar refractivity (Wildman–Crippen MR) is 103 cm³/mol. The number of pyridine rings is 1. The number of aromatic nitrogens is 2. The average molecular weight is 387 g/mol. The number of nitrogens with zero attached hydrogens (tertiary/aromatic N) is 3. The van der Waals surface area contributed by atoms with E-state index in [0.29, 0.717) is 17.4 Å². The molecule has 1 fully saturated rings. The van der Waals surface area contributed by atoms with Gasteiger partial charge in [0.1, 0.15) is 5.82 Å². The molecular formula is C18H15ClN4O2S. The second kappa shape index (κ2) is 6.66. The minimum absolute atomic E-state index is 0.0736.